The number of amides is 1. The highest BCUT2D eigenvalue weighted by molar-refractivity contribution is 6.35. The topological polar surface area (TPSA) is 42.0 Å². The van der Waals surface area contributed by atoms with E-state index in [4.69, 9.17) is 23.2 Å². The van der Waals surface area contributed by atoms with Crippen molar-refractivity contribution in [3.63, 3.8) is 0 Å². The highest BCUT2D eigenvalue weighted by Gasteiger charge is 2.14. The van der Waals surface area contributed by atoms with Crippen LogP contribution in [0.1, 0.15) is 10.4 Å². The number of hydrogen-bond donors (Lipinski definition) is 1. The van der Waals surface area contributed by atoms with Crippen LogP contribution in [0.5, 0.6) is 0 Å². The van der Waals surface area contributed by atoms with E-state index in [1.807, 2.05) is 0 Å². The van der Waals surface area contributed by atoms with Crippen LogP contribution in [-0.2, 0) is 0 Å². The predicted octanol–water partition coefficient (Wildman–Crippen LogP) is 3.92. The Morgan fingerprint density at radius 2 is 1.95 bits per heavy atom. The highest BCUT2D eigenvalue weighted by Crippen LogP contribution is 2.21. The first-order valence-corrected chi connectivity index (χ1v) is 5.80. The van der Waals surface area contributed by atoms with Gasteiger partial charge in [-0.3, -0.25) is 4.79 Å². The molecule has 1 N–H and O–H groups in total. The van der Waals surface area contributed by atoms with Gasteiger partial charge in [-0.25, -0.2) is 13.8 Å². The zero-order chi connectivity index (χ0) is 14.0. The number of pyridine rings is 1. The summed E-state index contributed by atoms with van der Waals surface area (Å²) in [7, 11) is 0. The predicted molar refractivity (Wildman–Crippen MR) is 68.6 cm³/mol. The molecular formula is C12H6Cl2F2N2O. The van der Waals surface area contributed by atoms with Gasteiger partial charge in [-0.05, 0) is 18.2 Å². The van der Waals surface area contributed by atoms with Gasteiger partial charge in [0, 0.05) is 12.3 Å². The molecule has 0 radical (unpaired) electrons. The van der Waals surface area contributed by atoms with Gasteiger partial charge in [-0.1, -0.05) is 23.2 Å². The first-order chi connectivity index (χ1) is 8.97. The first-order valence-electron chi connectivity index (χ1n) is 5.05. The number of halogens is 4. The van der Waals surface area contributed by atoms with E-state index in [0.29, 0.717) is 0 Å². The Bertz CT molecular complexity index is 650. The molecule has 1 aromatic carbocycles. The molecule has 2 aromatic rings. The maximum absolute atomic E-state index is 13.4. The van der Waals surface area contributed by atoms with E-state index in [0.717, 1.165) is 18.2 Å². The van der Waals surface area contributed by atoms with Crippen LogP contribution in [0.4, 0.5) is 14.5 Å². The minimum Gasteiger partial charge on any atom is -0.319 e. The Labute approximate surface area is 117 Å². The monoisotopic (exact) mass is 302 g/mol. The Hall–Kier alpha value is -1.72. The van der Waals surface area contributed by atoms with Crippen molar-refractivity contribution in [3.05, 3.63) is 57.8 Å². The normalized spacial score (nSPS) is 10.3. The van der Waals surface area contributed by atoms with Crippen molar-refractivity contribution in [2.24, 2.45) is 0 Å². The van der Waals surface area contributed by atoms with Crippen molar-refractivity contribution in [3.8, 4) is 0 Å². The van der Waals surface area contributed by atoms with Crippen LogP contribution in [0.3, 0.4) is 0 Å². The van der Waals surface area contributed by atoms with Crippen LogP contribution in [0.25, 0.3) is 0 Å². The molecule has 0 atom stereocenters. The average molecular weight is 303 g/mol. The van der Waals surface area contributed by atoms with E-state index in [1.165, 1.54) is 12.3 Å². The molecule has 0 aliphatic rings. The molecule has 0 saturated carbocycles. The molecule has 0 unspecified atom stereocenters. The number of carbonyl (C=O) groups is 1. The lowest BCUT2D eigenvalue weighted by atomic mass is 10.2. The van der Waals surface area contributed by atoms with Crippen molar-refractivity contribution in [1.82, 2.24) is 4.98 Å². The third-order valence-corrected chi connectivity index (χ3v) is 2.75. The van der Waals surface area contributed by atoms with Gasteiger partial charge in [-0.15, -0.1) is 0 Å². The van der Waals surface area contributed by atoms with E-state index in [-0.39, 0.29) is 21.4 Å². The second kappa shape index (κ2) is 5.50. The second-order valence-corrected chi connectivity index (χ2v) is 4.36. The van der Waals surface area contributed by atoms with Gasteiger partial charge in [0.15, 0.2) is 0 Å². The molecule has 2 rings (SSSR count). The number of nitrogens with zero attached hydrogens (tertiary/aromatic N) is 1. The van der Waals surface area contributed by atoms with Crippen molar-refractivity contribution in [2.75, 3.05) is 5.32 Å². The fourth-order valence-corrected chi connectivity index (χ4v) is 1.72. The summed E-state index contributed by atoms with van der Waals surface area (Å²) in [6, 6.07) is 3.95. The lowest BCUT2D eigenvalue weighted by molar-refractivity contribution is 0.102. The van der Waals surface area contributed by atoms with Gasteiger partial charge >= 0.3 is 0 Å². The largest absolute Gasteiger partial charge is 0.319 e. The molecule has 0 spiro atoms. The van der Waals surface area contributed by atoms with E-state index in [9.17, 15) is 13.6 Å². The number of rotatable bonds is 2. The summed E-state index contributed by atoms with van der Waals surface area (Å²) >= 11 is 11.4. The van der Waals surface area contributed by atoms with E-state index >= 15 is 0 Å². The maximum Gasteiger partial charge on any atom is 0.257 e. The fourth-order valence-electron chi connectivity index (χ4n) is 1.37. The summed E-state index contributed by atoms with van der Waals surface area (Å²) in [5.74, 6) is -2.14. The number of hydrogen-bond acceptors (Lipinski definition) is 2. The number of anilines is 1. The average Bonchev–Trinajstić information content (AvgIpc) is 2.36. The molecule has 0 aliphatic heterocycles. The molecule has 1 aromatic heterocycles. The molecule has 1 heterocycles. The van der Waals surface area contributed by atoms with Crippen LogP contribution < -0.4 is 5.32 Å². The molecule has 1 amide bonds. The third kappa shape index (κ3) is 3.19. The third-order valence-electron chi connectivity index (χ3n) is 2.24. The summed E-state index contributed by atoms with van der Waals surface area (Å²) in [6.07, 6.45) is 1.20. The van der Waals surface area contributed by atoms with Gasteiger partial charge in [0.1, 0.15) is 16.8 Å². The van der Waals surface area contributed by atoms with Crippen LogP contribution in [0, 0.1) is 11.6 Å². The Morgan fingerprint density at radius 3 is 2.68 bits per heavy atom. The van der Waals surface area contributed by atoms with Gasteiger partial charge in [0.05, 0.1) is 16.3 Å². The minimum absolute atomic E-state index is 0.0188. The lowest BCUT2D eigenvalue weighted by Crippen LogP contribution is -2.14. The number of nitrogens with one attached hydrogen (secondary N) is 1. The summed E-state index contributed by atoms with van der Waals surface area (Å²) in [5, 5.41) is 2.33. The first kappa shape index (κ1) is 13.7. The molecule has 0 aliphatic carbocycles. The summed E-state index contributed by atoms with van der Waals surface area (Å²) in [4.78, 5) is 15.6. The Morgan fingerprint density at radius 1 is 1.21 bits per heavy atom. The van der Waals surface area contributed by atoms with Crippen LogP contribution in [0.2, 0.25) is 10.2 Å². The number of benzene rings is 1. The number of aromatic nitrogens is 1. The van der Waals surface area contributed by atoms with Gasteiger partial charge < -0.3 is 5.32 Å². The second-order valence-electron chi connectivity index (χ2n) is 3.57. The zero-order valence-corrected chi connectivity index (χ0v) is 10.8. The molecule has 3 nitrogen and oxygen atoms in total. The maximum atomic E-state index is 13.4. The van der Waals surface area contributed by atoms with Gasteiger partial charge in [-0.2, -0.15) is 0 Å². The van der Waals surface area contributed by atoms with Crippen LogP contribution >= 0.6 is 23.2 Å². The summed E-state index contributed by atoms with van der Waals surface area (Å²) < 4.78 is 26.3. The molecule has 7 heteroatoms. The fraction of sp³-hybridized carbons (Fsp3) is 0. The number of carbonyl (C=O) groups excluding carboxylic acids is 1. The highest BCUT2D eigenvalue weighted by atomic mass is 35.5. The van der Waals surface area contributed by atoms with Crippen LogP contribution in [0.15, 0.2) is 30.5 Å². The zero-order valence-electron chi connectivity index (χ0n) is 9.25. The van der Waals surface area contributed by atoms with E-state index in [1.54, 1.807) is 0 Å². The molecular weight excluding hydrogens is 297 g/mol. The molecule has 19 heavy (non-hydrogen) atoms. The summed E-state index contributed by atoms with van der Waals surface area (Å²) in [6.45, 7) is 0. The van der Waals surface area contributed by atoms with Crippen molar-refractivity contribution in [1.29, 1.82) is 0 Å². The van der Waals surface area contributed by atoms with Crippen LogP contribution in [-0.4, -0.2) is 10.9 Å². The Kier molecular flexibility index (Phi) is 3.97. The lowest BCUT2D eigenvalue weighted by Gasteiger charge is -2.07. The molecule has 0 saturated heterocycles. The van der Waals surface area contributed by atoms with Gasteiger partial charge in [0.2, 0.25) is 0 Å². The van der Waals surface area contributed by atoms with Crippen molar-refractivity contribution < 1.29 is 13.6 Å². The smallest absolute Gasteiger partial charge is 0.257 e. The Balaban J connectivity index is 2.30. The quantitative estimate of drug-likeness (QED) is 0.854. The molecule has 0 fully saturated rings. The SMILES string of the molecule is O=C(Nc1cc(F)ccc1F)c1cc(Cl)ncc1Cl. The molecule has 0 bridgehead atoms. The van der Waals surface area contributed by atoms with E-state index < -0.39 is 17.5 Å². The van der Waals surface area contributed by atoms with Crippen molar-refractivity contribution >= 4 is 34.8 Å². The minimum atomic E-state index is -0.758. The van der Waals surface area contributed by atoms with Crippen molar-refractivity contribution in [2.45, 2.75) is 0 Å². The van der Waals surface area contributed by atoms with E-state index in [2.05, 4.69) is 10.3 Å². The van der Waals surface area contributed by atoms with Gasteiger partial charge in [0.25, 0.3) is 5.91 Å². The molecule has 98 valence electrons. The summed E-state index contributed by atoms with van der Waals surface area (Å²) in [5.41, 5.74) is -0.265. The standard InChI is InChI=1S/C12H6Cl2F2N2O/c13-8-5-17-11(14)4-7(8)12(19)18-10-3-6(15)1-2-9(10)16/h1-5H,(H,18,19).